The summed E-state index contributed by atoms with van der Waals surface area (Å²) in [7, 11) is -5.43. The van der Waals surface area contributed by atoms with E-state index in [2.05, 4.69) is 39.9 Å². The van der Waals surface area contributed by atoms with E-state index in [0.29, 0.717) is 0 Å². The Morgan fingerprint density at radius 3 is 1.72 bits per heavy atom. The predicted octanol–water partition coefficient (Wildman–Crippen LogP) is 4.41. The Balaban J connectivity index is 1.32. The van der Waals surface area contributed by atoms with E-state index in [9.17, 15) is 24.7 Å². The molecule has 30 heteroatoms. The highest BCUT2D eigenvalue weighted by Gasteiger charge is 2.57. The fourth-order valence-electron chi connectivity index (χ4n) is 7.23. The molecule has 3 aliphatic rings. The first-order valence-electron chi connectivity index (χ1n) is 21.8. The van der Waals surface area contributed by atoms with Gasteiger partial charge in [-0.2, -0.15) is 20.5 Å². The molecule has 7 heterocycles. The first-order valence-corrected chi connectivity index (χ1v) is 27.6. The highest BCUT2D eigenvalue weighted by atomic mass is 31.2. The Morgan fingerprint density at radius 1 is 0.812 bits per heavy atom. The number of fused-ring (bicyclic) bond motifs is 4. The SMILES string of the molecule is C[C@H]1C2OP(=O)(OCCC#N)OC[C@H]3O[C@@H](n4cnc5c(=O)[nH]c(N=CN(C)C)nc54)C(O[Si](C)(C)C(C)(C)C)[C@H]3OP(=O)(OCCC#N)OC[C@@H]2O[C@H]1n1cnc2c(=O)[nH]c(/N=C\N(C)C)nc21. The van der Waals surface area contributed by atoms with Crippen LogP contribution in [-0.4, -0.2) is 155 Å². The molecule has 3 aliphatic heterocycles. The van der Waals surface area contributed by atoms with Gasteiger partial charge in [0.15, 0.2) is 36.9 Å². The number of rotatable bonds is 14. The lowest BCUT2D eigenvalue weighted by molar-refractivity contribution is -0.0703. The number of aliphatic imine (C=N–C) groups is 2. The summed E-state index contributed by atoms with van der Waals surface area (Å²) in [5.41, 5.74) is -1.12. The van der Waals surface area contributed by atoms with E-state index in [1.54, 1.807) is 44.9 Å². The third-order valence-electron chi connectivity index (χ3n) is 11.6. The van der Waals surface area contributed by atoms with Crippen molar-refractivity contribution in [3.05, 3.63) is 33.4 Å². The van der Waals surface area contributed by atoms with Gasteiger partial charge in [0.05, 0.1) is 76.7 Å². The minimum absolute atomic E-state index is 0.0213. The fraction of sp³-hybridized carbons (Fsp3) is 0.641. The lowest BCUT2D eigenvalue weighted by Crippen LogP contribution is -2.49. The Bertz CT molecular complexity index is 2870. The molecular formula is C39H56N14O13P2Si. The summed E-state index contributed by atoms with van der Waals surface area (Å²) in [4.78, 5) is 61.1. The van der Waals surface area contributed by atoms with Crippen LogP contribution in [0.1, 0.15) is 53.0 Å². The summed E-state index contributed by atoms with van der Waals surface area (Å²) >= 11 is 0. The number of phosphoric acid groups is 2. The Kier molecular flexibility index (Phi) is 15.6. The summed E-state index contributed by atoms with van der Waals surface area (Å²) in [5.74, 6) is -0.851. The van der Waals surface area contributed by atoms with Crippen LogP contribution in [-0.2, 0) is 50.2 Å². The van der Waals surface area contributed by atoms with Crippen molar-refractivity contribution < 1.29 is 50.2 Å². The number of aromatic amines is 2. The van der Waals surface area contributed by atoms with Crippen LogP contribution in [0, 0.1) is 28.6 Å². The summed E-state index contributed by atoms with van der Waals surface area (Å²) in [6.45, 7) is 9.66. The molecule has 4 unspecified atom stereocenters. The van der Waals surface area contributed by atoms with Gasteiger partial charge in [-0.25, -0.2) is 29.1 Å². The van der Waals surface area contributed by atoms with Crippen molar-refractivity contribution in [3.8, 4) is 12.1 Å². The van der Waals surface area contributed by atoms with E-state index < -0.39 is 102 Å². The molecule has 0 aromatic carbocycles. The average Bonchev–Trinajstić information content (AvgIpc) is 4.04. The lowest BCUT2D eigenvalue weighted by atomic mass is 10.0. The highest BCUT2D eigenvalue weighted by molar-refractivity contribution is 7.48. The third-order valence-corrected chi connectivity index (χ3v) is 19.0. The van der Waals surface area contributed by atoms with Crippen molar-refractivity contribution in [3.63, 3.8) is 0 Å². The molecule has 4 aromatic heterocycles. The maximum atomic E-state index is 15.2. The Morgan fingerprint density at radius 2 is 1.26 bits per heavy atom. The van der Waals surface area contributed by atoms with E-state index in [4.69, 9.17) is 41.0 Å². The summed E-state index contributed by atoms with van der Waals surface area (Å²) in [6, 6.07) is 3.90. The Hall–Kier alpha value is -5.06. The standard InChI is InChI=1S/C39H56N14O13P2Si/c1-23-28-24(62-35(23)52-21-42-26-31(52)46-37(48-33(26)54)44-19-50(5)6)17-60-68(57,59-16-12-14-41)65-29-25(18-61-67(56,64-28)58-15-11-13-40)63-36(30(29)66-69(9,10)39(2,3)4)53-22-43-27-32(53)47-38(49-34(27)55)45-20-51(7)8/h19-25,28-30,35-36H,11-12,15-18H2,1-10H3,(H,46,48,54)(H,47,49,55)/b44-19-,45-20?/t23-,24-,25+,28?,29-,30?,35+,36+,67?,68?/m0/s1. The zero-order chi connectivity index (χ0) is 50.1. The minimum atomic E-state index is -4.80. The monoisotopic (exact) mass is 1020 g/mol. The molecule has 0 bridgehead atoms. The van der Waals surface area contributed by atoms with Gasteiger partial charge >= 0.3 is 15.6 Å². The van der Waals surface area contributed by atoms with Crippen LogP contribution in [0.5, 0.6) is 0 Å². The molecule has 2 N–H and O–H groups in total. The maximum absolute atomic E-state index is 15.2. The third kappa shape index (κ3) is 11.4. The van der Waals surface area contributed by atoms with Gasteiger partial charge in [-0.05, 0) is 18.1 Å². The molecule has 0 amide bonds. The summed E-state index contributed by atoms with van der Waals surface area (Å²) in [6.07, 6.45) is -3.60. The number of nitriles is 2. The number of imidazole rings is 2. The van der Waals surface area contributed by atoms with Crippen LogP contribution in [0.25, 0.3) is 22.3 Å². The zero-order valence-electron chi connectivity index (χ0n) is 39.7. The molecule has 27 nitrogen and oxygen atoms in total. The first kappa shape index (κ1) is 51.8. The number of phosphoric ester groups is 2. The molecule has 7 rings (SSSR count). The van der Waals surface area contributed by atoms with Crippen molar-refractivity contribution >= 4 is 70.9 Å². The van der Waals surface area contributed by atoms with Gasteiger partial charge in [-0.1, -0.05) is 27.7 Å². The molecule has 4 aromatic rings. The average molecular weight is 1020 g/mol. The van der Waals surface area contributed by atoms with Crippen molar-refractivity contribution in [1.29, 1.82) is 10.5 Å². The second-order valence-corrected chi connectivity index (χ2v) is 26.3. The van der Waals surface area contributed by atoms with Crippen LogP contribution >= 0.6 is 15.6 Å². The normalized spacial score (nSPS) is 29.2. The lowest BCUT2D eigenvalue weighted by Gasteiger charge is -2.41. The number of nitrogens with zero attached hydrogens (tertiary/aromatic N) is 12. The molecule has 0 aliphatic carbocycles. The van der Waals surface area contributed by atoms with E-state index in [0.717, 1.165) is 0 Å². The molecular weight excluding hydrogens is 963 g/mol. The number of hydrogen-bond donors (Lipinski definition) is 2. The predicted molar refractivity (Wildman–Crippen MR) is 248 cm³/mol. The van der Waals surface area contributed by atoms with Gasteiger partial charge in [0.1, 0.15) is 36.7 Å². The Labute approximate surface area is 397 Å². The number of H-pyrrole nitrogens is 2. The molecule has 374 valence electrons. The highest BCUT2D eigenvalue weighted by Crippen LogP contribution is 2.59. The van der Waals surface area contributed by atoms with E-state index in [1.807, 2.05) is 46.0 Å². The molecule has 3 saturated heterocycles. The van der Waals surface area contributed by atoms with Crippen LogP contribution in [0.2, 0.25) is 18.1 Å². The van der Waals surface area contributed by atoms with Crippen molar-refractivity contribution in [2.24, 2.45) is 15.9 Å². The zero-order valence-corrected chi connectivity index (χ0v) is 42.5. The molecule has 10 atom stereocenters. The molecule has 69 heavy (non-hydrogen) atoms. The van der Waals surface area contributed by atoms with E-state index in [-0.39, 0.29) is 60.3 Å². The second kappa shape index (κ2) is 20.7. The van der Waals surface area contributed by atoms with E-state index >= 15 is 4.57 Å². The summed E-state index contributed by atoms with van der Waals surface area (Å²) < 4.78 is 89.9. The van der Waals surface area contributed by atoms with Gasteiger partial charge in [0.25, 0.3) is 11.1 Å². The topological polar surface area (TPSA) is 323 Å². The van der Waals surface area contributed by atoms with Crippen LogP contribution in [0.4, 0.5) is 11.9 Å². The van der Waals surface area contributed by atoms with Crippen LogP contribution in [0.15, 0.2) is 32.2 Å². The number of aromatic nitrogens is 8. The van der Waals surface area contributed by atoms with Gasteiger partial charge < -0.3 is 23.7 Å². The number of nitrogens with one attached hydrogen (secondary N) is 2. The molecule has 3 fully saturated rings. The van der Waals surface area contributed by atoms with E-state index in [1.165, 1.54) is 34.5 Å². The smallest absolute Gasteiger partial charge is 0.407 e. The minimum Gasteiger partial charge on any atom is -0.407 e. The van der Waals surface area contributed by atoms with Crippen molar-refractivity contribution in [2.75, 3.05) is 54.6 Å². The first-order chi connectivity index (χ1) is 32.6. The van der Waals surface area contributed by atoms with Gasteiger partial charge in [-0.15, -0.1) is 0 Å². The molecule has 0 radical (unpaired) electrons. The van der Waals surface area contributed by atoms with Crippen LogP contribution < -0.4 is 11.1 Å². The molecule has 0 saturated carbocycles. The van der Waals surface area contributed by atoms with Gasteiger partial charge in [0.2, 0.25) is 11.9 Å². The number of ether oxygens (including phenoxy) is 2. The fourth-order valence-corrected chi connectivity index (χ4v) is 11.4. The van der Waals surface area contributed by atoms with Crippen molar-refractivity contribution in [2.45, 2.75) is 102 Å². The number of hydrogen-bond acceptors (Lipinski definition) is 21. The summed E-state index contributed by atoms with van der Waals surface area (Å²) in [5, 5.41) is 18.5. The van der Waals surface area contributed by atoms with Crippen molar-refractivity contribution in [1.82, 2.24) is 48.8 Å². The van der Waals surface area contributed by atoms with Crippen LogP contribution in [0.3, 0.4) is 0 Å². The van der Waals surface area contributed by atoms with Gasteiger partial charge in [-0.3, -0.25) is 55.8 Å². The second-order valence-electron chi connectivity index (χ2n) is 18.3. The maximum Gasteiger partial charge on any atom is 0.475 e. The quantitative estimate of drug-likeness (QED) is 0.0581. The molecule has 0 spiro atoms. The van der Waals surface area contributed by atoms with Gasteiger partial charge in [0, 0.05) is 34.1 Å². The largest absolute Gasteiger partial charge is 0.475 e.